The van der Waals surface area contributed by atoms with E-state index in [1.807, 2.05) is 13.8 Å². The second-order valence-corrected chi connectivity index (χ2v) is 5.34. The van der Waals surface area contributed by atoms with E-state index in [9.17, 15) is 19.8 Å². The lowest BCUT2D eigenvalue weighted by Gasteiger charge is -2.31. The summed E-state index contributed by atoms with van der Waals surface area (Å²) in [7, 11) is 0. The summed E-state index contributed by atoms with van der Waals surface area (Å²) < 4.78 is 5.21. The predicted octanol–water partition coefficient (Wildman–Crippen LogP) is -0.546. The lowest BCUT2D eigenvalue weighted by molar-refractivity contribution is -0.163. The number of ketones is 1. The lowest BCUT2D eigenvalue weighted by atomic mass is 9.87. The number of carbonyl (C=O) groups is 2. The molecule has 2 aliphatic rings. The Morgan fingerprint density at radius 2 is 2.11 bits per heavy atom. The van der Waals surface area contributed by atoms with Gasteiger partial charge in [-0.3, -0.25) is 9.59 Å². The Hall–Kier alpha value is -1.40. The zero-order chi connectivity index (χ0) is 13.7. The zero-order valence-electron chi connectivity index (χ0n) is 10.6. The van der Waals surface area contributed by atoms with Crippen molar-refractivity contribution < 1.29 is 24.5 Å². The molecule has 0 aromatic heterocycles. The molecule has 18 heavy (non-hydrogen) atoms. The van der Waals surface area contributed by atoms with Crippen molar-refractivity contribution in [2.45, 2.75) is 44.6 Å². The molecule has 0 aromatic rings. The maximum Gasteiger partial charge on any atom is 0.277 e. The molecule has 1 spiro atoms. The number of aliphatic hydroxyl groups excluding tert-OH is 1. The Morgan fingerprint density at radius 3 is 2.56 bits per heavy atom. The van der Waals surface area contributed by atoms with Crippen LogP contribution in [0.1, 0.15) is 27.2 Å². The number of carbonyl (C=O) groups excluding carboxylic acids is 2. The topological polar surface area (TPSA) is 95.9 Å². The highest BCUT2D eigenvalue weighted by Gasteiger charge is 2.69. The van der Waals surface area contributed by atoms with Crippen LogP contribution in [0.15, 0.2) is 11.8 Å². The third-order valence-electron chi connectivity index (χ3n) is 3.25. The normalized spacial score (nSPS) is 39.2. The minimum Gasteiger partial charge on any atom is -0.471 e. The van der Waals surface area contributed by atoms with Gasteiger partial charge in [-0.05, 0) is 12.8 Å². The largest absolute Gasteiger partial charge is 0.471 e. The van der Waals surface area contributed by atoms with Gasteiger partial charge in [-0.15, -0.1) is 0 Å². The van der Waals surface area contributed by atoms with Gasteiger partial charge < -0.3 is 20.3 Å². The van der Waals surface area contributed by atoms with Gasteiger partial charge in [-0.25, -0.2) is 0 Å². The van der Waals surface area contributed by atoms with Gasteiger partial charge in [0.15, 0.2) is 11.8 Å². The van der Waals surface area contributed by atoms with Crippen LogP contribution in [0.2, 0.25) is 0 Å². The van der Waals surface area contributed by atoms with Gasteiger partial charge in [0.05, 0.1) is 5.76 Å². The Morgan fingerprint density at radius 1 is 1.50 bits per heavy atom. The van der Waals surface area contributed by atoms with Crippen molar-refractivity contribution in [1.82, 2.24) is 5.32 Å². The van der Waals surface area contributed by atoms with Crippen molar-refractivity contribution in [2.75, 3.05) is 0 Å². The molecule has 100 valence electrons. The number of aliphatic hydroxyl groups is 2. The van der Waals surface area contributed by atoms with Crippen LogP contribution in [0.25, 0.3) is 0 Å². The molecule has 2 heterocycles. The van der Waals surface area contributed by atoms with Gasteiger partial charge in [0, 0.05) is 12.5 Å². The maximum atomic E-state index is 12.0. The highest BCUT2D eigenvalue weighted by atomic mass is 16.5. The molecular weight excluding hydrogens is 238 g/mol. The van der Waals surface area contributed by atoms with E-state index in [1.165, 1.54) is 6.92 Å². The molecule has 3 N–H and O–H groups in total. The Labute approximate surface area is 105 Å². The van der Waals surface area contributed by atoms with Crippen molar-refractivity contribution in [3.63, 3.8) is 0 Å². The predicted molar refractivity (Wildman–Crippen MR) is 61.1 cm³/mol. The van der Waals surface area contributed by atoms with Gasteiger partial charge in [0.25, 0.3) is 11.5 Å². The first-order valence-corrected chi connectivity index (χ1v) is 5.87. The second kappa shape index (κ2) is 3.80. The summed E-state index contributed by atoms with van der Waals surface area (Å²) in [6, 6.07) is 0. The lowest BCUT2D eigenvalue weighted by Crippen LogP contribution is -2.56. The third kappa shape index (κ3) is 1.56. The van der Waals surface area contributed by atoms with E-state index in [2.05, 4.69) is 5.32 Å². The Bertz CT molecular complexity index is 444. The first-order valence-electron chi connectivity index (χ1n) is 5.87. The summed E-state index contributed by atoms with van der Waals surface area (Å²) >= 11 is 0. The molecule has 6 heteroatoms. The third-order valence-corrected chi connectivity index (χ3v) is 3.25. The molecule has 1 fully saturated rings. The monoisotopic (exact) mass is 255 g/mol. The number of allylic oxidation sites excluding steroid dienone is 1. The number of rotatable bonds is 2. The smallest absolute Gasteiger partial charge is 0.277 e. The highest BCUT2D eigenvalue weighted by molar-refractivity contribution is 6.18. The van der Waals surface area contributed by atoms with Crippen molar-refractivity contribution in [3.05, 3.63) is 11.8 Å². The zero-order valence-corrected chi connectivity index (χ0v) is 10.6. The van der Waals surface area contributed by atoms with Crippen LogP contribution < -0.4 is 5.32 Å². The van der Waals surface area contributed by atoms with Crippen LogP contribution >= 0.6 is 0 Å². The molecule has 0 radical (unpaired) electrons. The van der Waals surface area contributed by atoms with Gasteiger partial charge >= 0.3 is 0 Å². The van der Waals surface area contributed by atoms with Crippen molar-refractivity contribution in [3.8, 4) is 0 Å². The van der Waals surface area contributed by atoms with Crippen LogP contribution in [-0.4, -0.2) is 39.3 Å². The minimum absolute atomic E-state index is 0.0330. The van der Waals surface area contributed by atoms with E-state index < -0.39 is 29.1 Å². The fourth-order valence-electron chi connectivity index (χ4n) is 2.58. The van der Waals surface area contributed by atoms with E-state index >= 15 is 0 Å². The molecule has 0 saturated carbocycles. The molecule has 2 rings (SSSR count). The number of hydrogen-bond acceptors (Lipinski definition) is 5. The highest BCUT2D eigenvalue weighted by Crippen LogP contribution is 2.40. The summed E-state index contributed by atoms with van der Waals surface area (Å²) in [5.41, 5.74) is -3.85. The first-order chi connectivity index (χ1) is 8.22. The van der Waals surface area contributed by atoms with E-state index in [0.29, 0.717) is 0 Å². The molecular formula is C12H17NO5. The van der Waals surface area contributed by atoms with E-state index in [4.69, 9.17) is 4.74 Å². The number of nitrogens with one attached hydrogen (secondary N) is 1. The fourth-order valence-corrected chi connectivity index (χ4v) is 2.58. The molecule has 0 bridgehead atoms. The van der Waals surface area contributed by atoms with Gasteiger partial charge in [-0.2, -0.15) is 0 Å². The van der Waals surface area contributed by atoms with E-state index in [0.717, 1.165) is 6.08 Å². The summed E-state index contributed by atoms with van der Waals surface area (Å²) in [6.45, 7) is 5.19. The average molecular weight is 255 g/mol. The van der Waals surface area contributed by atoms with Crippen molar-refractivity contribution in [2.24, 2.45) is 5.92 Å². The Balaban J connectivity index is 2.37. The second-order valence-electron chi connectivity index (χ2n) is 5.34. The van der Waals surface area contributed by atoms with Gasteiger partial charge in [0.1, 0.15) is 0 Å². The van der Waals surface area contributed by atoms with Crippen LogP contribution in [0.4, 0.5) is 0 Å². The molecule has 0 aromatic carbocycles. The average Bonchev–Trinajstić information content (AvgIpc) is 2.59. The van der Waals surface area contributed by atoms with Gasteiger partial charge in [-0.1, -0.05) is 13.8 Å². The van der Waals surface area contributed by atoms with E-state index in [-0.39, 0.29) is 18.1 Å². The van der Waals surface area contributed by atoms with Crippen LogP contribution in [0.3, 0.4) is 0 Å². The summed E-state index contributed by atoms with van der Waals surface area (Å²) in [6.07, 6.45) is -0.331. The molecule has 2 aliphatic heterocycles. The molecule has 0 unspecified atom stereocenters. The minimum atomic E-state index is -2.02. The van der Waals surface area contributed by atoms with Gasteiger partial charge in [0.2, 0.25) is 5.78 Å². The quantitative estimate of drug-likeness (QED) is 0.576. The summed E-state index contributed by atoms with van der Waals surface area (Å²) in [5, 5.41) is 22.8. The molecule has 6 nitrogen and oxygen atoms in total. The first kappa shape index (κ1) is 13.0. The number of amides is 1. The maximum absolute atomic E-state index is 12.0. The number of hydrogen-bond donors (Lipinski definition) is 3. The molecule has 1 amide bonds. The fraction of sp³-hybridized carbons (Fsp3) is 0.667. The van der Waals surface area contributed by atoms with E-state index in [1.54, 1.807) is 0 Å². The summed E-state index contributed by atoms with van der Waals surface area (Å²) in [5.74, 6) is -1.14. The van der Waals surface area contributed by atoms with Crippen LogP contribution in [-0.2, 0) is 14.3 Å². The van der Waals surface area contributed by atoms with Crippen LogP contribution in [0.5, 0.6) is 0 Å². The standard InChI is InChI=1S/C12H17NO5/c1-6(2)5-11(17)9(15)12(10(16)13-11)8(14)4-7(3)18-12/h4,6,9,15,17H,5H2,1-3H3,(H,13,16)/t9-,11+,12+/m0/s1. The van der Waals surface area contributed by atoms with Crippen LogP contribution in [0, 0.1) is 5.92 Å². The summed E-state index contributed by atoms with van der Waals surface area (Å²) in [4.78, 5) is 23.8. The Kier molecular flexibility index (Phi) is 2.75. The van der Waals surface area contributed by atoms with Crippen molar-refractivity contribution in [1.29, 1.82) is 0 Å². The molecule has 0 aliphatic carbocycles. The molecule has 1 saturated heterocycles. The number of ether oxygens (including phenoxy) is 1. The van der Waals surface area contributed by atoms with Crippen molar-refractivity contribution >= 4 is 11.7 Å². The molecule has 3 atom stereocenters. The SMILES string of the molecule is CC1=CC(=O)[C@]2(O1)C(=O)N[C@@](O)(CC(C)C)[C@@H]2O.